The van der Waals surface area contributed by atoms with Crippen molar-refractivity contribution in [1.29, 1.82) is 5.26 Å². The van der Waals surface area contributed by atoms with Crippen molar-refractivity contribution in [1.82, 2.24) is 9.97 Å². The Morgan fingerprint density at radius 2 is 2.33 bits per heavy atom. The van der Waals surface area contributed by atoms with Crippen LogP contribution in [0, 0.1) is 18.3 Å². The lowest BCUT2D eigenvalue weighted by molar-refractivity contribution is -0.138. The van der Waals surface area contributed by atoms with Crippen LogP contribution in [0.25, 0.3) is 0 Å². The number of carboxylic acids is 1. The minimum atomic E-state index is -1.22. The van der Waals surface area contributed by atoms with Gasteiger partial charge in [0.1, 0.15) is 11.8 Å². The first-order chi connectivity index (χ1) is 11.5. The van der Waals surface area contributed by atoms with Gasteiger partial charge in [-0.1, -0.05) is 0 Å². The summed E-state index contributed by atoms with van der Waals surface area (Å²) in [6.45, 7) is 1.78. The molecule has 0 radical (unpaired) electrons. The molecular weight excluding hydrogens is 313 g/mol. The highest BCUT2D eigenvalue weighted by Crippen LogP contribution is 2.32. The fourth-order valence-corrected chi connectivity index (χ4v) is 2.67. The second-order valence-corrected chi connectivity index (χ2v) is 5.25. The fraction of sp³-hybridized carbons (Fsp3) is 0.200. The molecule has 120 valence electrons. The molecule has 0 fully saturated rings. The lowest BCUT2D eigenvalue weighted by atomic mass is 9.77. The molecule has 0 saturated carbocycles. The van der Waals surface area contributed by atoms with E-state index in [-0.39, 0.29) is 18.1 Å². The van der Waals surface area contributed by atoms with Gasteiger partial charge in [0.2, 0.25) is 11.7 Å². The highest BCUT2D eigenvalue weighted by atomic mass is 16.5. The summed E-state index contributed by atoms with van der Waals surface area (Å²) in [6, 6.07) is 6.59. The maximum absolute atomic E-state index is 10.9. The van der Waals surface area contributed by atoms with E-state index in [1.807, 2.05) is 6.07 Å². The number of nitrogens with zero attached hydrogens (tertiary/aromatic N) is 3. The van der Waals surface area contributed by atoms with E-state index in [1.165, 1.54) is 12.3 Å². The van der Waals surface area contributed by atoms with Gasteiger partial charge in [0, 0.05) is 12.3 Å². The first-order valence-corrected chi connectivity index (χ1v) is 7.08. The number of benzene rings is 1. The molecule has 0 spiro atoms. The van der Waals surface area contributed by atoms with E-state index in [1.54, 1.807) is 19.1 Å². The van der Waals surface area contributed by atoms with Gasteiger partial charge in [-0.15, -0.1) is 0 Å². The van der Waals surface area contributed by atoms with Gasteiger partial charge in [0.25, 0.3) is 0 Å². The maximum atomic E-state index is 10.9. The Morgan fingerprint density at radius 3 is 3.04 bits per heavy atom. The number of carbonyl (C=O) groups is 1. The Morgan fingerprint density at radius 1 is 1.54 bits per heavy atom. The zero-order chi connectivity index (χ0) is 17.3. The van der Waals surface area contributed by atoms with Crippen LogP contribution in [0.15, 0.2) is 24.4 Å². The molecular formula is C15H12BN3O5. The van der Waals surface area contributed by atoms with Crippen molar-refractivity contribution < 1.29 is 24.3 Å². The summed E-state index contributed by atoms with van der Waals surface area (Å²) in [5.41, 5.74) is 1.85. The summed E-state index contributed by atoms with van der Waals surface area (Å²) < 4.78 is 10.9. The molecule has 8 nitrogen and oxygen atoms in total. The molecule has 0 bridgehead atoms. The van der Waals surface area contributed by atoms with Crippen molar-refractivity contribution in [2.75, 3.05) is 0 Å². The molecule has 24 heavy (non-hydrogen) atoms. The summed E-state index contributed by atoms with van der Waals surface area (Å²) in [5, 5.41) is 27.8. The molecule has 2 heterocycles. The standard InChI is InChI=1S/C15H12BN3O5/c1-8-4-9(23-13-2-3-18-12(7-17)19-13)5-10-15(8)11(6-14(20)21)24-16(10)22/h2-5,11,22H,6H2,1H3,(H,20,21). The van der Waals surface area contributed by atoms with Crippen molar-refractivity contribution in [3.63, 3.8) is 0 Å². The van der Waals surface area contributed by atoms with Gasteiger partial charge in [0.15, 0.2) is 0 Å². The van der Waals surface area contributed by atoms with E-state index in [2.05, 4.69) is 9.97 Å². The first kappa shape index (κ1) is 15.9. The molecule has 1 aliphatic rings. The van der Waals surface area contributed by atoms with E-state index in [4.69, 9.17) is 19.8 Å². The smallest absolute Gasteiger partial charge is 0.481 e. The van der Waals surface area contributed by atoms with Gasteiger partial charge in [-0.05, 0) is 35.6 Å². The highest BCUT2D eigenvalue weighted by Gasteiger charge is 2.37. The van der Waals surface area contributed by atoms with E-state index in [0.29, 0.717) is 16.8 Å². The molecule has 1 atom stereocenters. The van der Waals surface area contributed by atoms with Gasteiger partial charge in [0.05, 0.1) is 12.5 Å². The number of aliphatic carboxylic acids is 1. The minimum absolute atomic E-state index is 0.0183. The van der Waals surface area contributed by atoms with E-state index in [0.717, 1.165) is 5.56 Å². The summed E-state index contributed by atoms with van der Waals surface area (Å²) in [6.07, 6.45) is 0.468. The van der Waals surface area contributed by atoms with Crippen LogP contribution in [0.1, 0.15) is 29.5 Å². The van der Waals surface area contributed by atoms with Gasteiger partial charge in [-0.2, -0.15) is 10.2 Å². The number of nitriles is 1. The lowest BCUT2D eigenvalue weighted by Crippen LogP contribution is -2.28. The third-order valence-electron chi connectivity index (χ3n) is 3.59. The predicted octanol–water partition coefficient (Wildman–Crippen LogP) is 0.682. The molecule has 0 aliphatic carbocycles. The third-order valence-corrected chi connectivity index (χ3v) is 3.59. The Kier molecular flexibility index (Phi) is 4.16. The second kappa shape index (κ2) is 6.27. The zero-order valence-corrected chi connectivity index (χ0v) is 12.6. The molecule has 1 aromatic carbocycles. The zero-order valence-electron chi connectivity index (χ0n) is 12.6. The van der Waals surface area contributed by atoms with Gasteiger partial charge in [-0.25, -0.2) is 4.98 Å². The van der Waals surface area contributed by atoms with Crippen molar-refractivity contribution in [3.8, 4) is 17.7 Å². The topological polar surface area (TPSA) is 126 Å². The Bertz CT molecular complexity index is 851. The third kappa shape index (κ3) is 3.06. The Labute approximate surface area is 137 Å². The minimum Gasteiger partial charge on any atom is -0.481 e. The summed E-state index contributed by atoms with van der Waals surface area (Å²) >= 11 is 0. The quantitative estimate of drug-likeness (QED) is 0.786. The van der Waals surface area contributed by atoms with Crippen LogP contribution >= 0.6 is 0 Å². The maximum Gasteiger partial charge on any atom is 0.492 e. The molecule has 2 aromatic rings. The van der Waals surface area contributed by atoms with Gasteiger partial charge >= 0.3 is 13.1 Å². The molecule has 0 saturated heterocycles. The van der Waals surface area contributed by atoms with E-state index >= 15 is 0 Å². The molecule has 9 heteroatoms. The number of hydrogen-bond donors (Lipinski definition) is 2. The van der Waals surface area contributed by atoms with Gasteiger partial charge in [-0.3, -0.25) is 4.79 Å². The van der Waals surface area contributed by atoms with Crippen molar-refractivity contribution in [2.24, 2.45) is 0 Å². The van der Waals surface area contributed by atoms with Crippen LogP contribution in [0.5, 0.6) is 11.6 Å². The Hall–Kier alpha value is -2.96. The average Bonchev–Trinajstić information content (AvgIpc) is 2.83. The SMILES string of the molecule is Cc1cc(Oc2ccnc(C#N)n2)cc2c1C(CC(=O)O)OB2O. The van der Waals surface area contributed by atoms with Crippen molar-refractivity contribution in [2.45, 2.75) is 19.4 Å². The van der Waals surface area contributed by atoms with E-state index in [9.17, 15) is 9.82 Å². The fourth-order valence-electron chi connectivity index (χ4n) is 2.67. The number of rotatable bonds is 4. The summed E-state index contributed by atoms with van der Waals surface area (Å²) in [4.78, 5) is 18.6. The molecule has 2 N–H and O–H groups in total. The van der Waals surface area contributed by atoms with Crippen molar-refractivity contribution in [3.05, 3.63) is 41.3 Å². The number of aromatic nitrogens is 2. The number of ether oxygens (including phenoxy) is 1. The lowest BCUT2D eigenvalue weighted by Gasteiger charge is -2.13. The van der Waals surface area contributed by atoms with Gasteiger partial charge < -0.3 is 19.5 Å². The molecule has 0 amide bonds. The number of fused-ring (bicyclic) bond motifs is 1. The molecule has 1 aromatic heterocycles. The van der Waals surface area contributed by atoms with Crippen LogP contribution in [0.3, 0.4) is 0 Å². The van der Waals surface area contributed by atoms with Crippen LogP contribution in [0.2, 0.25) is 0 Å². The molecule has 1 unspecified atom stereocenters. The normalized spacial score (nSPS) is 15.7. The Balaban J connectivity index is 1.93. The monoisotopic (exact) mass is 325 g/mol. The van der Waals surface area contributed by atoms with Crippen LogP contribution in [-0.4, -0.2) is 33.2 Å². The molecule has 1 aliphatic heterocycles. The summed E-state index contributed by atoms with van der Waals surface area (Å²) in [5.74, 6) is -0.441. The second-order valence-electron chi connectivity index (χ2n) is 5.25. The highest BCUT2D eigenvalue weighted by molar-refractivity contribution is 6.62. The number of carboxylic acid groups (broad SMARTS) is 1. The van der Waals surface area contributed by atoms with Crippen molar-refractivity contribution >= 4 is 18.6 Å². The van der Waals surface area contributed by atoms with Crippen LogP contribution in [-0.2, 0) is 9.45 Å². The number of aryl methyl sites for hydroxylation is 1. The van der Waals surface area contributed by atoms with Crippen LogP contribution in [0.4, 0.5) is 0 Å². The van der Waals surface area contributed by atoms with Crippen LogP contribution < -0.4 is 10.2 Å². The largest absolute Gasteiger partial charge is 0.492 e. The number of hydrogen-bond acceptors (Lipinski definition) is 7. The first-order valence-electron chi connectivity index (χ1n) is 7.08. The molecule has 3 rings (SSSR count). The average molecular weight is 325 g/mol. The summed E-state index contributed by atoms with van der Waals surface area (Å²) in [7, 11) is -1.22. The van der Waals surface area contributed by atoms with E-state index < -0.39 is 19.2 Å². The predicted molar refractivity (Wildman–Crippen MR) is 81.7 cm³/mol.